The third-order valence-corrected chi connectivity index (χ3v) is 6.52. The number of hydrogen-bond acceptors (Lipinski definition) is 7. The average Bonchev–Trinajstić information content (AvgIpc) is 3.31. The van der Waals surface area contributed by atoms with Gasteiger partial charge in [-0.3, -0.25) is 4.79 Å². The molecule has 2 aromatic heterocycles. The van der Waals surface area contributed by atoms with Crippen LogP contribution < -0.4 is 9.62 Å². The van der Waals surface area contributed by atoms with E-state index in [1.165, 1.54) is 14.1 Å². The van der Waals surface area contributed by atoms with Gasteiger partial charge in [0.1, 0.15) is 23.0 Å². The summed E-state index contributed by atoms with van der Waals surface area (Å²) in [6.45, 7) is 2.54. The van der Waals surface area contributed by atoms with Crippen LogP contribution in [-0.4, -0.2) is 55.3 Å². The smallest absolute Gasteiger partial charge is 0.303 e. The molecule has 9 nitrogen and oxygen atoms in total. The number of carbonyl (C=O) groups is 1. The van der Waals surface area contributed by atoms with Crippen molar-refractivity contribution in [1.82, 2.24) is 19.0 Å². The Morgan fingerprint density at radius 1 is 1.31 bits per heavy atom. The van der Waals surface area contributed by atoms with Crippen LogP contribution in [0.3, 0.4) is 0 Å². The monoisotopic (exact) mass is 417 g/mol. The SMILES string of the molecule is CCc1nc(N2CCC[C@H]2C(=O)NS(=O)(=O)N(C)C)c2oc3ccccc3c2n1. The zero-order valence-electron chi connectivity index (χ0n) is 16.5. The highest BCUT2D eigenvalue weighted by molar-refractivity contribution is 7.87. The maximum atomic E-state index is 12.8. The quantitative estimate of drug-likeness (QED) is 0.674. The highest BCUT2D eigenvalue weighted by Crippen LogP contribution is 2.35. The lowest BCUT2D eigenvalue weighted by Gasteiger charge is -2.25. The van der Waals surface area contributed by atoms with E-state index in [1.807, 2.05) is 36.1 Å². The Kier molecular flexibility index (Phi) is 4.91. The van der Waals surface area contributed by atoms with E-state index in [0.717, 1.165) is 16.1 Å². The van der Waals surface area contributed by atoms with Gasteiger partial charge in [0.05, 0.1) is 0 Å². The zero-order chi connectivity index (χ0) is 20.8. The number of furan rings is 1. The number of aryl methyl sites for hydroxylation is 1. The largest absolute Gasteiger partial charge is 0.450 e. The van der Waals surface area contributed by atoms with Crippen LogP contribution in [0.25, 0.3) is 22.1 Å². The molecule has 1 saturated heterocycles. The number of nitrogens with one attached hydrogen (secondary N) is 1. The number of para-hydroxylation sites is 1. The van der Waals surface area contributed by atoms with Gasteiger partial charge in [0.25, 0.3) is 5.91 Å². The predicted molar refractivity (Wildman–Crippen MR) is 110 cm³/mol. The van der Waals surface area contributed by atoms with Gasteiger partial charge in [0.2, 0.25) is 0 Å². The van der Waals surface area contributed by atoms with E-state index in [-0.39, 0.29) is 0 Å². The minimum absolute atomic E-state index is 0.513. The van der Waals surface area contributed by atoms with Crippen molar-refractivity contribution in [1.29, 1.82) is 0 Å². The van der Waals surface area contributed by atoms with Crippen LogP contribution in [0.4, 0.5) is 5.82 Å². The molecule has 1 N–H and O–H groups in total. The number of hydrogen-bond donors (Lipinski definition) is 1. The minimum Gasteiger partial charge on any atom is -0.450 e. The second kappa shape index (κ2) is 7.27. The normalized spacial score (nSPS) is 17.5. The molecule has 0 aliphatic carbocycles. The lowest BCUT2D eigenvalue weighted by Crippen LogP contribution is -2.48. The molecule has 0 saturated carbocycles. The van der Waals surface area contributed by atoms with Crippen LogP contribution in [0.5, 0.6) is 0 Å². The molecule has 1 amide bonds. The molecule has 154 valence electrons. The van der Waals surface area contributed by atoms with Crippen molar-refractivity contribution in [2.45, 2.75) is 32.2 Å². The van der Waals surface area contributed by atoms with Gasteiger partial charge in [-0.1, -0.05) is 19.1 Å². The van der Waals surface area contributed by atoms with Crippen molar-refractivity contribution < 1.29 is 17.6 Å². The van der Waals surface area contributed by atoms with Gasteiger partial charge in [0, 0.05) is 32.4 Å². The molecule has 1 aliphatic rings. The van der Waals surface area contributed by atoms with Crippen LogP contribution in [0, 0.1) is 0 Å². The highest BCUT2D eigenvalue weighted by atomic mass is 32.2. The lowest BCUT2D eigenvalue weighted by molar-refractivity contribution is -0.120. The summed E-state index contributed by atoms with van der Waals surface area (Å²) in [6.07, 6.45) is 1.90. The molecule has 1 aromatic carbocycles. The van der Waals surface area contributed by atoms with Crippen LogP contribution in [0.15, 0.2) is 28.7 Å². The fraction of sp³-hybridized carbons (Fsp3) is 0.421. The number of aromatic nitrogens is 2. The molecule has 0 unspecified atom stereocenters. The van der Waals surface area contributed by atoms with E-state index >= 15 is 0 Å². The van der Waals surface area contributed by atoms with Crippen molar-refractivity contribution >= 4 is 44.0 Å². The van der Waals surface area contributed by atoms with Gasteiger partial charge >= 0.3 is 10.2 Å². The number of amides is 1. The first-order valence-corrected chi connectivity index (χ1v) is 10.9. The predicted octanol–water partition coefficient (Wildman–Crippen LogP) is 1.83. The first-order chi connectivity index (χ1) is 13.8. The Morgan fingerprint density at radius 3 is 2.79 bits per heavy atom. The van der Waals surface area contributed by atoms with E-state index in [1.54, 1.807) is 0 Å². The van der Waals surface area contributed by atoms with Gasteiger partial charge in [-0.2, -0.15) is 12.7 Å². The van der Waals surface area contributed by atoms with Gasteiger partial charge < -0.3 is 9.32 Å². The summed E-state index contributed by atoms with van der Waals surface area (Å²) in [4.78, 5) is 23.9. The summed E-state index contributed by atoms with van der Waals surface area (Å²) in [5, 5.41) is 0.885. The summed E-state index contributed by atoms with van der Waals surface area (Å²) in [5.41, 5.74) is 1.91. The van der Waals surface area contributed by atoms with Crippen LogP contribution >= 0.6 is 0 Å². The van der Waals surface area contributed by atoms with Crippen LogP contribution in [-0.2, 0) is 21.4 Å². The summed E-state index contributed by atoms with van der Waals surface area (Å²) in [6, 6.07) is 6.96. The molecule has 1 fully saturated rings. The number of benzene rings is 1. The number of rotatable bonds is 5. The molecule has 10 heteroatoms. The Hall–Kier alpha value is -2.72. The minimum atomic E-state index is -3.87. The fourth-order valence-corrected chi connectivity index (χ4v) is 4.13. The molecule has 0 radical (unpaired) electrons. The fourth-order valence-electron chi connectivity index (χ4n) is 3.55. The molecule has 4 rings (SSSR count). The van der Waals surface area contributed by atoms with Crippen LogP contribution in [0.2, 0.25) is 0 Å². The standard InChI is InChI=1S/C19H23N5O4S/c1-4-15-20-16-12-8-5-6-10-14(12)28-17(16)18(21-15)24-11-7-9-13(24)19(25)22-29(26,27)23(2)3/h5-6,8,10,13H,4,7,9,11H2,1-3H3,(H,22,25)/t13-/m0/s1. The second-order valence-electron chi connectivity index (χ2n) is 7.20. The van der Waals surface area contributed by atoms with E-state index in [0.29, 0.717) is 47.7 Å². The first kappa shape index (κ1) is 19.6. The molecule has 29 heavy (non-hydrogen) atoms. The van der Waals surface area contributed by atoms with E-state index < -0.39 is 22.2 Å². The molecule has 1 aliphatic heterocycles. The maximum Gasteiger partial charge on any atom is 0.303 e. The summed E-state index contributed by atoms with van der Waals surface area (Å²) in [5.74, 6) is 0.603. The van der Waals surface area contributed by atoms with Crippen molar-refractivity contribution in [3.05, 3.63) is 30.1 Å². The molecular formula is C19H23N5O4S. The number of anilines is 1. The maximum absolute atomic E-state index is 12.8. The molecule has 3 heterocycles. The van der Waals surface area contributed by atoms with Crippen LogP contribution in [0.1, 0.15) is 25.6 Å². The Morgan fingerprint density at radius 2 is 2.07 bits per heavy atom. The number of nitrogens with zero attached hydrogens (tertiary/aromatic N) is 4. The third kappa shape index (κ3) is 3.42. The highest BCUT2D eigenvalue weighted by Gasteiger charge is 2.36. The molecule has 1 atom stereocenters. The van der Waals surface area contributed by atoms with E-state index in [2.05, 4.69) is 14.7 Å². The Labute approximate surface area is 168 Å². The van der Waals surface area contributed by atoms with Gasteiger partial charge in [0.15, 0.2) is 11.4 Å². The second-order valence-corrected chi connectivity index (χ2v) is 9.08. The lowest BCUT2D eigenvalue weighted by atomic mass is 10.2. The summed E-state index contributed by atoms with van der Waals surface area (Å²) < 4.78 is 33.4. The number of fused-ring (bicyclic) bond motifs is 3. The van der Waals surface area contributed by atoms with E-state index in [4.69, 9.17) is 4.42 Å². The first-order valence-electron chi connectivity index (χ1n) is 9.50. The summed E-state index contributed by atoms with van der Waals surface area (Å²) >= 11 is 0. The van der Waals surface area contributed by atoms with Crippen molar-refractivity contribution in [3.63, 3.8) is 0 Å². The van der Waals surface area contributed by atoms with Crippen molar-refractivity contribution in [3.8, 4) is 0 Å². The third-order valence-electron chi connectivity index (χ3n) is 5.10. The zero-order valence-corrected chi connectivity index (χ0v) is 17.4. The van der Waals surface area contributed by atoms with Gasteiger partial charge in [-0.05, 0) is 25.0 Å². The Balaban J connectivity index is 1.79. The van der Waals surface area contributed by atoms with Gasteiger partial charge in [-0.15, -0.1) is 0 Å². The summed E-state index contributed by atoms with van der Waals surface area (Å²) in [7, 11) is -1.12. The van der Waals surface area contributed by atoms with Crippen molar-refractivity contribution in [2.24, 2.45) is 0 Å². The van der Waals surface area contributed by atoms with E-state index in [9.17, 15) is 13.2 Å². The topological polar surface area (TPSA) is 109 Å². The average molecular weight is 417 g/mol. The number of carbonyl (C=O) groups excluding carboxylic acids is 1. The van der Waals surface area contributed by atoms with Crippen molar-refractivity contribution in [2.75, 3.05) is 25.5 Å². The molecular weight excluding hydrogens is 394 g/mol. The molecule has 0 spiro atoms. The van der Waals surface area contributed by atoms with Gasteiger partial charge in [-0.25, -0.2) is 14.7 Å². The molecule has 0 bridgehead atoms. The Bertz CT molecular complexity index is 1190. The molecule has 3 aromatic rings.